The molecular weight excluding hydrogens is 390 g/mol. The van der Waals surface area contributed by atoms with Crippen molar-refractivity contribution in [1.82, 2.24) is 14.5 Å². The van der Waals surface area contributed by atoms with Crippen LogP contribution >= 0.6 is 0 Å². The SMILES string of the molecule is CC(=O)N1CCN(S(=O)(=O)c2ccc(C(=O)NCCc3ccccc3)cc2)CC1. The molecule has 8 heteroatoms. The van der Waals surface area contributed by atoms with Gasteiger partial charge < -0.3 is 10.2 Å². The lowest BCUT2D eigenvalue weighted by Gasteiger charge is -2.33. The minimum absolute atomic E-state index is 0.0512. The van der Waals surface area contributed by atoms with Crippen LogP contribution in [0.3, 0.4) is 0 Å². The first-order valence-electron chi connectivity index (χ1n) is 9.56. The maximum absolute atomic E-state index is 12.8. The van der Waals surface area contributed by atoms with Gasteiger partial charge in [-0.05, 0) is 36.2 Å². The average molecular weight is 416 g/mol. The van der Waals surface area contributed by atoms with Crippen LogP contribution in [0, 0.1) is 0 Å². The van der Waals surface area contributed by atoms with Gasteiger partial charge in [0, 0.05) is 45.2 Å². The molecule has 1 heterocycles. The van der Waals surface area contributed by atoms with Gasteiger partial charge in [0.1, 0.15) is 0 Å². The highest BCUT2D eigenvalue weighted by Gasteiger charge is 2.29. The molecular formula is C21H25N3O4S. The summed E-state index contributed by atoms with van der Waals surface area (Å²) in [5.74, 6) is -0.287. The van der Waals surface area contributed by atoms with Crippen molar-refractivity contribution in [1.29, 1.82) is 0 Å². The summed E-state index contributed by atoms with van der Waals surface area (Å²) in [6.45, 7) is 3.29. The van der Waals surface area contributed by atoms with E-state index in [0.717, 1.165) is 12.0 Å². The van der Waals surface area contributed by atoms with Crippen molar-refractivity contribution >= 4 is 21.8 Å². The largest absolute Gasteiger partial charge is 0.352 e. The molecule has 1 aliphatic heterocycles. The Morgan fingerprint density at radius 3 is 2.14 bits per heavy atom. The van der Waals surface area contributed by atoms with Crippen LogP contribution in [-0.4, -0.2) is 62.2 Å². The van der Waals surface area contributed by atoms with Crippen molar-refractivity contribution in [2.75, 3.05) is 32.7 Å². The van der Waals surface area contributed by atoms with E-state index in [9.17, 15) is 18.0 Å². The summed E-state index contributed by atoms with van der Waals surface area (Å²) in [5, 5.41) is 2.85. The quantitative estimate of drug-likeness (QED) is 0.775. The van der Waals surface area contributed by atoms with Crippen molar-refractivity contribution in [2.45, 2.75) is 18.2 Å². The molecule has 154 valence electrons. The lowest BCUT2D eigenvalue weighted by Crippen LogP contribution is -2.49. The van der Waals surface area contributed by atoms with E-state index < -0.39 is 10.0 Å². The molecule has 0 atom stereocenters. The number of carbonyl (C=O) groups excluding carboxylic acids is 2. The van der Waals surface area contributed by atoms with Gasteiger partial charge >= 0.3 is 0 Å². The smallest absolute Gasteiger partial charge is 0.251 e. The molecule has 2 aromatic carbocycles. The molecule has 2 amide bonds. The van der Waals surface area contributed by atoms with Crippen LogP contribution in [0.25, 0.3) is 0 Å². The first kappa shape index (κ1) is 21.0. The van der Waals surface area contributed by atoms with Crippen LogP contribution in [-0.2, 0) is 21.2 Å². The summed E-state index contributed by atoms with van der Waals surface area (Å²) in [6.07, 6.45) is 0.727. The topological polar surface area (TPSA) is 86.8 Å². The Labute approximate surface area is 171 Å². The molecule has 0 bridgehead atoms. The second-order valence-corrected chi connectivity index (χ2v) is 8.86. The molecule has 1 aliphatic rings. The predicted molar refractivity (Wildman–Crippen MR) is 110 cm³/mol. The van der Waals surface area contributed by atoms with E-state index in [4.69, 9.17) is 0 Å². The Balaban J connectivity index is 1.57. The van der Waals surface area contributed by atoms with E-state index in [1.54, 1.807) is 4.90 Å². The van der Waals surface area contributed by atoms with Crippen LogP contribution < -0.4 is 5.32 Å². The molecule has 2 aromatic rings. The van der Waals surface area contributed by atoms with Crippen LogP contribution in [0.1, 0.15) is 22.8 Å². The van der Waals surface area contributed by atoms with Crippen molar-refractivity contribution in [3.63, 3.8) is 0 Å². The van der Waals surface area contributed by atoms with Gasteiger partial charge in [0.2, 0.25) is 15.9 Å². The highest BCUT2D eigenvalue weighted by Crippen LogP contribution is 2.18. The molecule has 29 heavy (non-hydrogen) atoms. The Hall–Kier alpha value is -2.71. The van der Waals surface area contributed by atoms with E-state index in [2.05, 4.69) is 5.32 Å². The zero-order valence-corrected chi connectivity index (χ0v) is 17.2. The molecule has 0 spiro atoms. The maximum atomic E-state index is 12.8. The third-order valence-corrected chi connectivity index (χ3v) is 6.89. The van der Waals surface area contributed by atoms with Crippen molar-refractivity contribution in [3.8, 4) is 0 Å². The fraction of sp³-hybridized carbons (Fsp3) is 0.333. The lowest BCUT2D eigenvalue weighted by molar-refractivity contribution is -0.129. The molecule has 3 rings (SSSR count). The summed E-state index contributed by atoms with van der Waals surface area (Å²) in [6, 6.07) is 15.8. The van der Waals surface area contributed by atoms with Gasteiger partial charge in [-0.25, -0.2) is 8.42 Å². The van der Waals surface area contributed by atoms with Crippen LogP contribution in [0.5, 0.6) is 0 Å². The average Bonchev–Trinajstić information content (AvgIpc) is 2.74. The van der Waals surface area contributed by atoms with Crippen molar-refractivity contribution in [3.05, 3.63) is 65.7 Å². The third kappa shape index (κ3) is 5.21. The Kier molecular flexibility index (Phi) is 6.66. The number of benzene rings is 2. The van der Waals surface area contributed by atoms with E-state index in [-0.39, 0.29) is 29.8 Å². The summed E-state index contributed by atoms with van der Waals surface area (Å²) in [4.78, 5) is 25.5. The van der Waals surface area contributed by atoms with Crippen LogP contribution in [0.2, 0.25) is 0 Å². The van der Waals surface area contributed by atoms with Gasteiger partial charge in [-0.3, -0.25) is 9.59 Å². The van der Waals surface area contributed by atoms with Crippen molar-refractivity contribution in [2.24, 2.45) is 0 Å². The van der Waals surface area contributed by atoms with Crippen LogP contribution in [0.15, 0.2) is 59.5 Å². The fourth-order valence-electron chi connectivity index (χ4n) is 3.24. The number of hydrogen-bond acceptors (Lipinski definition) is 4. The molecule has 0 unspecified atom stereocenters. The first-order chi connectivity index (χ1) is 13.9. The second-order valence-electron chi connectivity index (χ2n) is 6.93. The number of amides is 2. The molecule has 0 radical (unpaired) electrons. The number of piperazine rings is 1. The number of nitrogens with one attached hydrogen (secondary N) is 1. The first-order valence-corrected chi connectivity index (χ1v) is 11.0. The Bertz CT molecular complexity index is 951. The summed E-state index contributed by atoms with van der Waals surface area (Å²) in [7, 11) is -3.64. The highest BCUT2D eigenvalue weighted by molar-refractivity contribution is 7.89. The van der Waals surface area contributed by atoms with E-state index >= 15 is 0 Å². The zero-order chi connectivity index (χ0) is 20.9. The minimum atomic E-state index is -3.64. The molecule has 0 aliphatic carbocycles. The van der Waals surface area contributed by atoms with E-state index in [1.165, 1.54) is 35.5 Å². The summed E-state index contributed by atoms with van der Waals surface area (Å²) < 4.78 is 27.0. The van der Waals surface area contributed by atoms with Crippen molar-refractivity contribution < 1.29 is 18.0 Å². The second kappa shape index (κ2) is 9.19. The number of hydrogen-bond donors (Lipinski definition) is 1. The van der Waals surface area contributed by atoms with Gasteiger partial charge in [-0.2, -0.15) is 4.31 Å². The molecule has 7 nitrogen and oxygen atoms in total. The fourth-order valence-corrected chi connectivity index (χ4v) is 4.66. The van der Waals surface area contributed by atoms with Gasteiger partial charge in [-0.1, -0.05) is 30.3 Å². The number of sulfonamides is 1. The lowest BCUT2D eigenvalue weighted by atomic mass is 10.1. The predicted octanol–water partition coefficient (Wildman–Crippen LogP) is 1.51. The summed E-state index contributed by atoms with van der Waals surface area (Å²) >= 11 is 0. The molecule has 1 fully saturated rings. The maximum Gasteiger partial charge on any atom is 0.251 e. The minimum Gasteiger partial charge on any atom is -0.352 e. The van der Waals surface area contributed by atoms with Gasteiger partial charge in [-0.15, -0.1) is 0 Å². The Morgan fingerprint density at radius 1 is 0.931 bits per heavy atom. The number of nitrogens with zero attached hydrogens (tertiary/aromatic N) is 2. The highest BCUT2D eigenvalue weighted by atomic mass is 32.2. The normalized spacial score (nSPS) is 15.1. The van der Waals surface area contributed by atoms with Gasteiger partial charge in [0.25, 0.3) is 5.91 Å². The van der Waals surface area contributed by atoms with E-state index in [1.807, 2.05) is 30.3 Å². The Morgan fingerprint density at radius 2 is 1.55 bits per heavy atom. The molecule has 1 N–H and O–H groups in total. The molecule has 1 saturated heterocycles. The standard InChI is InChI=1S/C21H25N3O4S/c1-17(25)23-13-15-24(16-14-23)29(27,28)20-9-7-19(8-10-20)21(26)22-12-11-18-5-3-2-4-6-18/h2-10H,11-16H2,1H3,(H,22,26). The van der Waals surface area contributed by atoms with Gasteiger partial charge in [0.05, 0.1) is 4.90 Å². The number of carbonyl (C=O) groups is 2. The monoisotopic (exact) mass is 415 g/mol. The third-order valence-electron chi connectivity index (χ3n) is 4.98. The number of rotatable bonds is 6. The van der Waals surface area contributed by atoms with Crippen LogP contribution in [0.4, 0.5) is 0 Å². The summed E-state index contributed by atoms with van der Waals surface area (Å²) in [5.41, 5.74) is 1.55. The van der Waals surface area contributed by atoms with Gasteiger partial charge in [0.15, 0.2) is 0 Å². The molecule has 0 aromatic heterocycles. The van der Waals surface area contributed by atoms with E-state index in [0.29, 0.717) is 25.2 Å². The zero-order valence-electron chi connectivity index (χ0n) is 16.4. The molecule has 0 saturated carbocycles.